The van der Waals surface area contributed by atoms with Crippen LogP contribution in [0.3, 0.4) is 0 Å². The largest absolute Gasteiger partial charge is 0.343 e. The molecule has 1 aliphatic heterocycles. The number of nitrogens with one attached hydrogen (secondary N) is 1. The molecule has 1 saturated heterocycles. The van der Waals surface area contributed by atoms with Crippen LogP contribution in [0.15, 0.2) is 18.2 Å². The smallest absolute Gasteiger partial charge is 0.250 e. The number of nitrogens with zero attached hydrogens (tertiary/aromatic N) is 1. The van der Waals surface area contributed by atoms with Gasteiger partial charge in [-0.05, 0) is 31.0 Å². The third-order valence-corrected chi connectivity index (χ3v) is 3.31. The van der Waals surface area contributed by atoms with E-state index in [1.165, 1.54) is 4.90 Å². The van der Waals surface area contributed by atoms with Crippen molar-refractivity contribution in [3.05, 3.63) is 28.8 Å². The second-order valence-electron chi connectivity index (χ2n) is 4.38. The van der Waals surface area contributed by atoms with Crippen molar-refractivity contribution in [2.75, 3.05) is 11.4 Å². The minimum Gasteiger partial charge on any atom is -0.343 e. The van der Waals surface area contributed by atoms with Gasteiger partial charge in [0.15, 0.2) is 0 Å². The molecular weight excluding hydrogens is 252 g/mol. The number of hydrogen-bond donors (Lipinski definition) is 1. The highest BCUT2D eigenvalue weighted by molar-refractivity contribution is 6.31. The molecule has 1 fully saturated rings. The number of rotatable bonds is 2. The summed E-state index contributed by atoms with van der Waals surface area (Å²) in [5.74, 6) is -0.219. The minimum atomic E-state index is -0.440. The Kier molecular flexibility index (Phi) is 3.57. The first-order valence-electron chi connectivity index (χ1n) is 5.89. The number of hydrogen-bond acceptors (Lipinski definition) is 2. The van der Waals surface area contributed by atoms with Crippen LogP contribution >= 0.6 is 11.6 Å². The van der Waals surface area contributed by atoms with Crippen molar-refractivity contribution >= 4 is 29.1 Å². The van der Waals surface area contributed by atoms with Crippen LogP contribution in [-0.2, 0) is 9.59 Å². The van der Waals surface area contributed by atoms with E-state index in [0.717, 1.165) is 5.56 Å². The molecule has 1 heterocycles. The molecule has 0 spiro atoms. The van der Waals surface area contributed by atoms with E-state index in [2.05, 4.69) is 5.32 Å². The molecule has 0 bridgehead atoms. The first-order chi connectivity index (χ1) is 8.52. The summed E-state index contributed by atoms with van der Waals surface area (Å²) in [6.07, 6.45) is 0.584. The van der Waals surface area contributed by atoms with Crippen LogP contribution in [0.4, 0.5) is 5.69 Å². The number of anilines is 1. The van der Waals surface area contributed by atoms with Gasteiger partial charge in [0.05, 0.1) is 0 Å². The lowest BCUT2D eigenvalue weighted by Crippen LogP contribution is -2.58. The summed E-state index contributed by atoms with van der Waals surface area (Å²) in [6.45, 7) is 3.82. The molecule has 2 amide bonds. The number of halogens is 1. The maximum Gasteiger partial charge on any atom is 0.250 e. The monoisotopic (exact) mass is 266 g/mol. The SMILES string of the molecule is CCC1NC(=O)CN(c2cc(Cl)ccc2C)C1=O. The highest BCUT2D eigenvalue weighted by Gasteiger charge is 2.32. The van der Waals surface area contributed by atoms with Crippen LogP contribution in [0.25, 0.3) is 0 Å². The summed E-state index contributed by atoms with van der Waals surface area (Å²) in [4.78, 5) is 25.4. The average Bonchev–Trinajstić information content (AvgIpc) is 2.35. The van der Waals surface area contributed by atoms with E-state index in [9.17, 15) is 9.59 Å². The van der Waals surface area contributed by atoms with Crippen molar-refractivity contribution in [2.24, 2.45) is 0 Å². The Bertz CT molecular complexity index is 502. The molecule has 1 atom stereocenters. The summed E-state index contributed by atoms with van der Waals surface area (Å²) in [6, 6.07) is 4.90. The van der Waals surface area contributed by atoms with Crippen molar-refractivity contribution in [2.45, 2.75) is 26.3 Å². The summed E-state index contributed by atoms with van der Waals surface area (Å²) in [5.41, 5.74) is 1.64. The fraction of sp³-hybridized carbons (Fsp3) is 0.385. The second-order valence-corrected chi connectivity index (χ2v) is 4.82. The van der Waals surface area contributed by atoms with Gasteiger partial charge in [0.1, 0.15) is 12.6 Å². The summed E-state index contributed by atoms with van der Waals surface area (Å²) < 4.78 is 0. The fourth-order valence-electron chi connectivity index (χ4n) is 2.07. The van der Waals surface area contributed by atoms with Crippen LogP contribution in [-0.4, -0.2) is 24.4 Å². The number of aryl methyl sites for hydroxylation is 1. The molecule has 5 heteroatoms. The minimum absolute atomic E-state index is 0.0521. The zero-order valence-corrected chi connectivity index (χ0v) is 11.1. The Balaban J connectivity index is 2.39. The molecule has 1 aromatic carbocycles. The molecule has 0 radical (unpaired) electrons. The topological polar surface area (TPSA) is 49.4 Å². The Morgan fingerprint density at radius 3 is 2.83 bits per heavy atom. The Labute approximate surface area is 111 Å². The third kappa shape index (κ3) is 2.34. The Hall–Kier alpha value is -1.55. The third-order valence-electron chi connectivity index (χ3n) is 3.07. The molecule has 0 saturated carbocycles. The lowest BCUT2D eigenvalue weighted by Gasteiger charge is -2.33. The predicted molar refractivity (Wildman–Crippen MR) is 70.8 cm³/mol. The summed E-state index contributed by atoms with van der Waals surface area (Å²) >= 11 is 5.95. The molecule has 18 heavy (non-hydrogen) atoms. The van der Waals surface area contributed by atoms with Crippen LogP contribution < -0.4 is 10.2 Å². The van der Waals surface area contributed by atoms with E-state index >= 15 is 0 Å². The van der Waals surface area contributed by atoms with Gasteiger partial charge in [-0.1, -0.05) is 24.6 Å². The molecule has 2 rings (SSSR count). The standard InChI is InChI=1S/C13H15ClN2O2/c1-3-10-13(18)16(7-12(17)15-10)11-6-9(14)5-4-8(11)2/h4-6,10H,3,7H2,1-2H3,(H,15,17). The molecule has 0 aliphatic carbocycles. The van der Waals surface area contributed by atoms with Crippen molar-refractivity contribution in [1.82, 2.24) is 5.32 Å². The molecule has 1 aromatic rings. The van der Waals surface area contributed by atoms with E-state index in [-0.39, 0.29) is 18.4 Å². The van der Waals surface area contributed by atoms with Gasteiger partial charge in [-0.2, -0.15) is 0 Å². The average molecular weight is 267 g/mol. The van der Waals surface area contributed by atoms with Gasteiger partial charge in [0, 0.05) is 10.7 Å². The Morgan fingerprint density at radius 2 is 2.17 bits per heavy atom. The van der Waals surface area contributed by atoms with Gasteiger partial charge in [0.2, 0.25) is 11.8 Å². The molecule has 1 aliphatic rings. The predicted octanol–water partition coefficient (Wildman–Crippen LogP) is 1.89. The van der Waals surface area contributed by atoms with Gasteiger partial charge in [-0.3, -0.25) is 9.59 Å². The van der Waals surface area contributed by atoms with E-state index < -0.39 is 6.04 Å². The zero-order valence-electron chi connectivity index (χ0n) is 10.4. The molecule has 0 aromatic heterocycles. The number of piperazine rings is 1. The van der Waals surface area contributed by atoms with Crippen LogP contribution in [0.5, 0.6) is 0 Å². The van der Waals surface area contributed by atoms with Crippen molar-refractivity contribution in [3.63, 3.8) is 0 Å². The molecule has 4 nitrogen and oxygen atoms in total. The van der Waals surface area contributed by atoms with Gasteiger partial charge < -0.3 is 10.2 Å². The van der Waals surface area contributed by atoms with Crippen LogP contribution in [0.1, 0.15) is 18.9 Å². The normalized spacial score (nSPS) is 19.9. The lowest BCUT2D eigenvalue weighted by molar-refractivity contribution is -0.131. The maximum absolute atomic E-state index is 12.2. The van der Waals surface area contributed by atoms with Gasteiger partial charge in [-0.15, -0.1) is 0 Å². The first-order valence-corrected chi connectivity index (χ1v) is 6.27. The van der Waals surface area contributed by atoms with Gasteiger partial charge in [-0.25, -0.2) is 0 Å². The van der Waals surface area contributed by atoms with Gasteiger partial charge >= 0.3 is 0 Å². The second kappa shape index (κ2) is 4.98. The number of benzene rings is 1. The highest BCUT2D eigenvalue weighted by Crippen LogP contribution is 2.26. The maximum atomic E-state index is 12.2. The van der Waals surface area contributed by atoms with E-state index in [4.69, 9.17) is 11.6 Å². The van der Waals surface area contributed by atoms with Crippen LogP contribution in [0, 0.1) is 6.92 Å². The number of amides is 2. The van der Waals surface area contributed by atoms with Crippen molar-refractivity contribution in [1.29, 1.82) is 0 Å². The van der Waals surface area contributed by atoms with Crippen molar-refractivity contribution < 1.29 is 9.59 Å². The van der Waals surface area contributed by atoms with E-state index in [0.29, 0.717) is 17.1 Å². The quantitative estimate of drug-likeness (QED) is 0.889. The fourth-order valence-corrected chi connectivity index (χ4v) is 2.23. The van der Waals surface area contributed by atoms with E-state index in [1.54, 1.807) is 12.1 Å². The molecular formula is C13H15ClN2O2. The highest BCUT2D eigenvalue weighted by atomic mass is 35.5. The summed E-state index contributed by atoms with van der Waals surface area (Å²) in [7, 11) is 0. The molecule has 96 valence electrons. The van der Waals surface area contributed by atoms with Crippen molar-refractivity contribution in [3.8, 4) is 0 Å². The lowest BCUT2D eigenvalue weighted by atomic mass is 10.1. The van der Waals surface area contributed by atoms with Crippen LogP contribution in [0.2, 0.25) is 5.02 Å². The first kappa shape index (κ1) is 12.9. The molecule has 1 unspecified atom stereocenters. The molecule has 1 N–H and O–H groups in total. The number of carbonyl (C=O) groups is 2. The van der Waals surface area contributed by atoms with E-state index in [1.807, 2.05) is 19.9 Å². The zero-order chi connectivity index (χ0) is 13.3. The van der Waals surface area contributed by atoms with Gasteiger partial charge in [0.25, 0.3) is 0 Å². The number of carbonyl (C=O) groups excluding carboxylic acids is 2. The Morgan fingerprint density at radius 1 is 1.44 bits per heavy atom. The summed E-state index contributed by atoms with van der Waals surface area (Å²) in [5, 5.41) is 3.24.